The molecule has 0 spiro atoms. The van der Waals surface area contributed by atoms with Crippen molar-refractivity contribution in [3.8, 4) is 5.75 Å². The zero-order valence-corrected chi connectivity index (χ0v) is 11.5. The molecule has 3 nitrogen and oxygen atoms in total. The summed E-state index contributed by atoms with van der Waals surface area (Å²) in [7, 11) is 1.59. The van der Waals surface area contributed by atoms with Crippen LogP contribution in [0.2, 0.25) is 0 Å². The van der Waals surface area contributed by atoms with Crippen molar-refractivity contribution in [2.45, 2.75) is 23.6 Å². The van der Waals surface area contributed by atoms with Crippen LogP contribution in [0.3, 0.4) is 0 Å². The van der Waals surface area contributed by atoms with E-state index in [1.807, 2.05) is 13.0 Å². The van der Waals surface area contributed by atoms with E-state index >= 15 is 0 Å². The number of thioether (sulfide) groups is 1. The average molecular weight is 281 g/mol. The Labute approximate surface area is 105 Å². The van der Waals surface area contributed by atoms with Crippen LogP contribution in [0.4, 0.5) is 0 Å². The Hall–Kier alpha value is -0.390. The molecule has 1 aromatic carbocycles. The lowest BCUT2D eigenvalue weighted by Gasteiger charge is -2.09. The van der Waals surface area contributed by atoms with Gasteiger partial charge in [-0.3, -0.25) is 0 Å². The summed E-state index contributed by atoms with van der Waals surface area (Å²) >= 11 is 1.55. The highest BCUT2D eigenvalue weighted by molar-refractivity contribution is 8.13. The van der Waals surface area contributed by atoms with Crippen LogP contribution in [-0.2, 0) is 9.05 Å². The smallest absolute Gasteiger partial charge is 0.265 e. The van der Waals surface area contributed by atoms with E-state index in [1.54, 1.807) is 30.8 Å². The quantitative estimate of drug-likeness (QED) is 0.614. The summed E-state index contributed by atoms with van der Waals surface area (Å²) in [5, 5.41) is 0. The first kappa shape index (κ1) is 13.7. The summed E-state index contributed by atoms with van der Waals surface area (Å²) < 4.78 is 27.9. The highest BCUT2D eigenvalue weighted by Crippen LogP contribution is 2.31. The van der Waals surface area contributed by atoms with E-state index in [-0.39, 0.29) is 4.90 Å². The van der Waals surface area contributed by atoms with Crippen LogP contribution in [0.15, 0.2) is 28.0 Å². The number of hydrogen-bond acceptors (Lipinski definition) is 4. The van der Waals surface area contributed by atoms with Crippen LogP contribution in [0.1, 0.15) is 13.8 Å². The highest BCUT2D eigenvalue weighted by atomic mass is 35.7. The number of ether oxygens (including phenoxy) is 1. The van der Waals surface area contributed by atoms with Crippen molar-refractivity contribution in [1.82, 2.24) is 0 Å². The van der Waals surface area contributed by atoms with Gasteiger partial charge in [-0.25, -0.2) is 8.42 Å². The molecule has 0 fully saturated rings. The van der Waals surface area contributed by atoms with Gasteiger partial charge in [0.05, 0.1) is 6.61 Å². The molecule has 0 heterocycles. The number of halogens is 1. The molecule has 0 aliphatic carbocycles. The summed E-state index contributed by atoms with van der Waals surface area (Å²) in [5.74, 6) is 1.17. The summed E-state index contributed by atoms with van der Waals surface area (Å²) in [6, 6.07) is 5.00. The van der Waals surface area contributed by atoms with Gasteiger partial charge in [0, 0.05) is 15.6 Å². The van der Waals surface area contributed by atoms with E-state index in [2.05, 4.69) is 0 Å². The molecule has 1 aromatic rings. The normalized spacial score (nSPS) is 11.4. The van der Waals surface area contributed by atoms with Crippen molar-refractivity contribution in [3.05, 3.63) is 18.2 Å². The van der Waals surface area contributed by atoms with Crippen molar-refractivity contribution >= 4 is 31.5 Å². The molecule has 0 N–H and O–H groups in total. The molecule has 16 heavy (non-hydrogen) atoms. The van der Waals surface area contributed by atoms with Crippen LogP contribution in [-0.4, -0.2) is 20.8 Å². The van der Waals surface area contributed by atoms with Gasteiger partial charge in [0.2, 0.25) is 0 Å². The maximum Gasteiger partial charge on any atom is 0.265 e. The lowest BCUT2D eigenvalue weighted by molar-refractivity contribution is 0.331. The van der Waals surface area contributed by atoms with Crippen molar-refractivity contribution in [2.24, 2.45) is 0 Å². The molecule has 0 aliphatic heterocycles. The molecule has 0 radical (unpaired) electrons. The molecule has 0 aromatic heterocycles. The molecular weight excluding hydrogens is 268 g/mol. The Balaban J connectivity index is 3.21. The van der Waals surface area contributed by atoms with Gasteiger partial charge in [-0.1, -0.05) is 6.92 Å². The van der Waals surface area contributed by atoms with Gasteiger partial charge in [-0.2, -0.15) is 0 Å². The van der Waals surface area contributed by atoms with E-state index in [0.29, 0.717) is 12.4 Å². The predicted molar refractivity (Wildman–Crippen MR) is 67.0 cm³/mol. The molecule has 0 saturated carbocycles. The summed E-state index contributed by atoms with van der Waals surface area (Å²) in [4.78, 5) is 0.902. The number of benzene rings is 1. The Bertz CT molecular complexity index is 457. The maximum absolute atomic E-state index is 11.4. The fourth-order valence-electron chi connectivity index (χ4n) is 1.21. The molecule has 0 atom stereocenters. The largest absolute Gasteiger partial charge is 0.492 e. The third-order valence-corrected chi connectivity index (χ3v) is 4.01. The Morgan fingerprint density at radius 3 is 2.56 bits per heavy atom. The molecule has 6 heteroatoms. The van der Waals surface area contributed by atoms with E-state index in [1.165, 1.54) is 0 Å². The Morgan fingerprint density at radius 2 is 2.06 bits per heavy atom. The fraction of sp³-hybridized carbons (Fsp3) is 0.400. The molecular formula is C10H13ClO3S2. The van der Waals surface area contributed by atoms with Crippen molar-refractivity contribution in [1.29, 1.82) is 0 Å². The summed E-state index contributed by atoms with van der Waals surface area (Å²) in [6.45, 7) is 4.19. The lowest BCUT2D eigenvalue weighted by atomic mass is 10.3. The van der Waals surface area contributed by atoms with Crippen LogP contribution >= 0.6 is 22.4 Å². The predicted octanol–water partition coefficient (Wildman–Crippen LogP) is 3.12. The van der Waals surface area contributed by atoms with Gasteiger partial charge in [-0.15, -0.1) is 11.8 Å². The van der Waals surface area contributed by atoms with Crippen LogP contribution in [0, 0.1) is 0 Å². The molecule has 1 rings (SSSR count). The minimum absolute atomic E-state index is 0.0365. The minimum atomic E-state index is -3.76. The third-order valence-electron chi connectivity index (χ3n) is 1.79. The summed E-state index contributed by atoms with van der Waals surface area (Å²) in [5.41, 5.74) is 0. The monoisotopic (exact) mass is 280 g/mol. The lowest BCUT2D eigenvalue weighted by Crippen LogP contribution is -1.99. The first-order valence-corrected chi connectivity index (χ1v) is 8.12. The second-order valence-corrected chi connectivity index (χ2v) is 6.78. The maximum atomic E-state index is 11.4. The molecule has 90 valence electrons. The first-order chi connectivity index (χ1) is 7.49. The molecule has 0 saturated heterocycles. The van der Waals surface area contributed by atoms with Gasteiger partial charge in [0.1, 0.15) is 10.6 Å². The van der Waals surface area contributed by atoms with Gasteiger partial charge in [0.15, 0.2) is 0 Å². The van der Waals surface area contributed by atoms with Gasteiger partial charge in [-0.05, 0) is 30.9 Å². The fourth-order valence-corrected chi connectivity index (χ4v) is 2.98. The van der Waals surface area contributed by atoms with E-state index in [4.69, 9.17) is 15.4 Å². The minimum Gasteiger partial charge on any atom is -0.492 e. The molecule has 0 bridgehead atoms. The number of rotatable bonds is 5. The van der Waals surface area contributed by atoms with E-state index < -0.39 is 9.05 Å². The van der Waals surface area contributed by atoms with Crippen LogP contribution < -0.4 is 4.74 Å². The number of hydrogen-bond donors (Lipinski definition) is 0. The molecule has 0 aliphatic rings. The third kappa shape index (κ3) is 3.57. The topological polar surface area (TPSA) is 43.4 Å². The molecule has 0 unspecified atom stereocenters. The van der Waals surface area contributed by atoms with Crippen molar-refractivity contribution in [3.63, 3.8) is 0 Å². The highest BCUT2D eigenvalue weighted by Gasteiger charge is 2.17. The van der Waals surface area contributed by atoms with E-state index in [9.17, 15) is 8.42 Å². The van der Waals surface area contributed by atoms with E-state index in [0.717, 1.165) is 10.6 Å². The SMILES string of the molecule is CCOc1ccc(SCC)cc1S(=O)(=O)Cl. The van der Waals surface area contributed by atoms with Gasteiger partial charge >= 0.3 is 0 Å². The van der Waals surface area contributed by atoms with Crippen molar-refractivity contribution < 1.29 is 13.2 Å². The van der Waals surface area contributed by atoms with Crippen LogP contribution in [0.5, 0.6) is 5.75 Å². The second-order valence-electron chi connectivity index (χ2n) is 2.91. The standard InChI is InChI=1S/C10H13ClO3S2/c1-3-14-9-6-5-8(15-4-2)7-10(9)16(11,12)13/h5-7H,3-4H2,1-2H3. The van der Waals surface area contributed by atoms with Crippen molar-refractivity contribution in [2.75, 3.05) is 12.4 Å². The average Bonchev–Trinajstić information content (AvgIpc) is 2.19. The molecule has 0 amide bonds. The van der Waals surface area contributed by atoms with Gasteiger partial charge < -0.3 is 4.74 Å². The van der Waals surface area contributed by atoms with Gasteiger partial charge in [0.25, 0.3) is 9.05 Å². The Kier molecular flexibility index (Phi) is 4.95. The zero-order chi connectivity index (χ0) is 12.2. The first-order valence-electron chi connectivity index (χ1n) is 4.83. The second kappa shape index (κ2) is 5.80. The summed E-state index contributed by atoms with van der Waals surface area (Å²) in [6.07, 6.45) is 0. The zero-order valence-electron chi connectivity index (χ0n) is 9.07. The Morgan fingerprint density at radius 1 is 1.38 bits per heavy atom. The van der Waals surface area contributed by atoms with Crippen LogP contribution in [0.25, 0.3) is 0 Å².